The number of hydrogen-bond acceptors (Lipinski definition) is 5. The molecule has 0 bridgehead atoms. The lowest BCUT2D eigenvalue weighted by Crippen LogP contribution is -2.34. The number of non-ortho nitro benzene ring substituents is 1. The summed E-state index contributed by atoms with van der Waals surface area (Å²) in [7, 11) is -3.65. The van der Waals surface area contributed by atoms with Crippen molar-refractivity contribution < 1.29 is 18.1 Å². The summed E-state index contributed by atoms with van der Waals surface area (Å²) in [6, 6.07) is 11.7. The molecule has 0 heterocycles. The van der Waals surface area contributed by atoms with Crippen LogP contribution >= 0.6 is 0 Å². The summed E-state index contributed by atoms with van der Waals surface area (Å²) in [6.07, 6.45) is 0. The summed E-state index contributed by atoms with van der Waals surface area (Å²) < 4.78 is 26.5. The lowest BCUT2D eigenvalue weighted by Gasteiger charge is -2.08. The van der Waals surface area contributed by atoms with Gasteiger partial charge in [-0.25, -0.2) is 13.1 Å². The number of nitro benzene ring substituents is 1. The smallest absolute Gasteiger partial charge is 0.270 e. The molecule has 2 aromatic carbocycles. The minimum Gasteiger partial charge on any atom is -0.351 e. The molecule has 2 rings (SSSR count). The highest BCUT2D eigenvalue weighted by atomic mass is 32.2. The predicted octanol–water partition coefficient (Wildman–Crippen LogP) is 1.61. The fourth-order valence-electron chi connectivity index (χ4n) is 2.02. The molecule has 0 atom stereocenters. The Morgan fingerprint density at radius 1 is 1.12 bits per heavy atom. The molecule has 25 heavy (non-hydrogen) atoms. The maximum absolute atomic E-state index is 12.1. The van der Waals surface area contributed by atoms with Crippen LogP contribution in [0, 0.1) is 17.0 Å². The number of amides is 1. The summed E-state index contributed by atoms with van der Waals surface area (Å²) >= 11 is 0. The van der Waals surface area contributed by atoms with E-state index in [9.17, 15) is 23.3 Å². The Labute approximate surface area is 145 Å². The van der Waals surface area contributed by atoms with Gasteiger partial charge in [0, 0.05) is 30.8 Å². The average molecular weight is 363 g/mol. The summed E-state index contributed by atoms with van der Waals surface area (Å²) in [5, 5.41) is 13.2. The maximum atomic E-state index is 12.1. The first-order chi connectivity index (χ1) is 11.8. The van der Waals surface area contributed by atoms with Crippen LogP contribution in [0.25, 0.3) is 0 Å². The highest BCUT2D eigenvalue weighted by Gasteiger charge is 2.14. The van der Waals surface area contributed by atoms with Gasteiger partial charge in [0.25, 0.3) is 11.6 Å². The fourth-order valence-corrected chi connectivity index (χ4v) is 3.06. The Bertz CT molecular complexity index is 879. The van der Waals surface area contributed by atoms with E-state index in [1.807, 2.05) is 6.92 Å². The average Bonchev–Trinajstić information content (AvgIpc) is 2.59. The van der Waals surface area contributed by atoms with Gasteiger partial charge < -0.3 is 5.32 Å². The van der Waals surface area contributed by atoms with Crippen LogP contribution in [0.4, 0.5) is 5.69 Å². The van der Waals surface area contributed by atoms with Crippen LogP contribution in [0.2, 0.25) is 0 Å². The molecule has 9 heteroatoms. The molecule has 0 radical (unpaired) electrons. The number of rotatable bonds is 7. The zero-order valence-electron chi connectivity index (χ0n) is 13.4. The van der Waals surface area contributed by atoms with E-state index in [1.54, 1.807) is 12.1 Å². The Hall–Kier alpha value is -2.78. The Balaban J connectivity index is 1.88. The molecule has 0 aromatic heterocycles. The number of nitro groups is 1. The highest BCUT2D eigenvalue weighted by Crippen LogP contribution is 2.13. The van der Waals surface area contributed by atoms with E-state index in [1.165, 1.54) is 30.3 Å². The van der Waals surface area contributed by atoms with Crippen LogP contribution < -0.4 is 10.0 Å². The van der Waals surface area contributed by atoms with Gasteiger partial charge in [0.15, 0.2) is 0 Å². The number of nitrogens with one attached hydrogen (secondary N) is 2. The standard InChI is InChI=1S/C16H17N3O5S/c1-12-5-7-15(8-6-12)25(23,24)18-10-9-17-16(20)13-3-2-4-14(11-13)19(21)22/h2-8,11,18H,9-10H2,1H3,(H,17,20). The van der Waals surface area contributed by atoms with Gasteiger partial charge in [0.05, 0.1) is 9.82 Å². The predicted molar refractivity (Wildman–Crippen MR) is 91.8 cm³/mol. The van der Waals surface area contributed by atoms with Gasteiger partial charge in [-0.1, -0.05) is 23.8 Å². The third-order valence-electron chi connectivity index (χ3n) is 3.35. The molecule has 0 aliphatic heterocycles. The van der Waals surface area contributed by atoms with Crippen LogP contribution in [0.3, 0.4) is 0 Å². The highest BCUT2D eigenvalue weighted by molar-refractivity contribution is 7.89. The van der Waals surface area contributed by atoms with Crippen molar-refractivity contribution in [3.8, 4) is 0 Å². The lowest BCUT2D eigenvalue weighted by atomic mass is 10.2. The van der Waals surface area contributed by atoms with Crippen molar-refractivity contribution >= 4 is 21.6 Å². The molecular formula is C16H17N3O5S. The Morgan fingerprint density at radius 3 is 2.44 bits per heavy atom. The van der Waals surface area contributed by atoms with Crippen molar-refractivity contribution in [3.63, 3.8) is 0 Å². The van der Waals surface area contributed by atoms with Gasteiger partial charge in [-0.2, -0.15) is 0 Å². The molecule has 0 spiro atoms. The second-order valence-corrected chi connectivity index (χ2v) is 7.04. The van der Waals surface area contributed by atoms with E-state index in [0.717, 1.165) is 11.6 Å². The summed E-state index contributed by atoms with van der Waals surface area (Å²) in [6.45, 7) is 1.90. The lowest BCUT2D eigenvalue weighted by molar-refractivity contribution is -0.384. The van der Waals surface area contributed by atoms with Crippen LogP contribution in [-0.2, 0) is 10.0 Å². The van der Waals surface area contributed by atoms with Crippen molar-refractivity contribution in [2.45, 2.75) is 11.8 Å². The largest absolute Gasteiger partial charge is 0.351 e. The zero-order valence-corrected chi connectivity index (χ0v) is 14.2. The normalized spacial score (nSPS) is 11.1. The van der Waals surface area contributed by atoms with Crippen LogP contribution in [-0.4, -0.2) is 32.3 Å². The van der Waals surface area contributed by atoms with E-state index in [0.29, 0.717) is 0 Å². The maximum Gasteiger partial charge on any atom is 0.270 e. The summed E-state index contributed by atoms with van der Waals surface area (Å²) in [4.78, 5) is 22.2. The third-order valence-corrected chi connectivity index (χ3v) is 4.83. The first kappa shape index (κ1) is 18.6. The zero-order chi connectivity index (χ0) is 18.4. The first-order valence-electron chi connectivity index (χ1n) is 7.38. The molecule has 132 valence electrons. The summed E-state index contributed by atoms with van der Waals surface area (Å²) in [5.41, 5.74) is 0.895. The second kappa shape index (κ2) is 7.86. The van der Waals surface area contributed by atoms with Crippen LogP contribution in [0.15, 0.2) is 53.4 Å². The molecule has 2 N–H and O–H groups in total. The Morgan fingerprint density at radius 2 is 1.80 bits per heavy atom. The van der Waals surface area contributed by atoms with E-state index in [-0.39, 0.29) is 29.2 Å². The number of nitrogens with zero attached hydrogens (tertiary/aromatic N) is 1. The SMILES string of the molecule is Cc1ccc(S(=O)(=O)NCCNC(=O)c2cccc([N+](=O)[O-])c2)cc1. The number of hydrogen-bond donors (Lipinski definition) is 2. The monoisotopic (exact) mass is 363 g/mol. The van der Waals surface area contributed by atoms with Gasteiger partial charge >= 0.3 is 0 Å². The Kier molecular flexibility index (Phi) is 5.84. The number of aryl methyl sites for hydroxylation is 1. The van der Waals surface area contributed by atoms with Crippen LogP contribution in [0.1, 0.15) is 15.9 Å². The molecule has 0 saturated carbocycles. The fraction of sp³-hybridized carbons (Fsp3) is 0.188. The molecule has 1 amide bonds. The molecule has 8 nitrogen and oxygen atoms in total. The van der Waals surface area contributed by atoms with Crippen molar-refractivity contribution in [3.05, 3.63) is 69.8 Å². The van der Waals surface area contributed by atoms with E-state index >= 15 is 0 Å². The molecule has 0 saturated heterocycles. The minimum atomic E-state index is -3.65. The van der Waals surface area contributed by atoms with E-state index in [2.05, 4.69) is 10.0 Å². The van der Waals surface area contributed by atoms with Gasteiger partial charge in [-0.05, 0) is 25.1 Å². The third kappa shape index (κ3) is 5.10. The quantitative estimate of drug-likeness (QED) is 0.440. The van der Waals surface area contributed by atoms with Gasteiger partial charge in [0.1, 0.15) is 0 Å². The van der Waals surface area contributed by atoms with Crippen molar-refractivity contribution in [1.82, 2.24) is 10.0 Å². The van der Waals surface area contributed by atoms with E-state index < -0.39 is 20.9 Å². The topological polar surface area (TPSA) is 118 Å². The number of carbonyl (C=O) groups excluding carboxylic acids is 1. The second-order valence-electron chi connectivity index (χ2n) is 5.27. The molecule has 0 aliphatic carbocycles. The molecular weight excluding hydrogens is 346 g/mol. The number of sulfonamides is 1. The molecule has 2 aromatic rings. The van der Waals surface area contributed by atoms with E-state index in [4.69, 9.17) is 0 Å². The van der Waals surface area contributed by atoms with Gasteiger partial charge in [-0.15, -0.1) is 0 Å². The number of carbonyl (C=O) groups is 1. The van der Waals surface area contributed by atoms with Gasteiger partial charge in [0.2, 0.25) is 10.0 Å². The molecule has 0 aliphatic rings. The minimum absolute atomic E-state index is 0.00310. The van der Waals surface area contributed by atoms with Crippen molar-refractivity contribution in [2.75, 3.05) is 13.1 Å². The van der Waals surface area contributed by atoms with Crippen molar-refractivity contribution in [2.24, 2.45) is 0 Å². The molecule has 0 fully saturated rings. The van der Waals surface area contributed by atoms with Crippen LogP contribution in [0.5, 0.6) is 0 Å². The van der Waals surface area contributed by atoms with Gasteiger partial charge in [-0.3, -0.25) is 14.9 Å². The van der Waals surface area contributed by atoms with Crippen molar-refractivity contribution in [1.29, 1.82) is 0 Å². The number of benzene rings is 2. The molecule has 0 unspecified atom stereocenters. The summed E-state index contributed by atoms with van der Waals surface area (Å²) in [5.74, 6) is -0.516. The first-order valence-corrected chi connectivity index (χ1v) is 8.87.